The molecule has 2 nitrogen and oxygen atoms in total. The summed E-state index contributed by atoms with van der Waals surface area (Å²) in [6, 6.07) is 12.8. The van der Waals surface area contributed by atoms with Crippen molar-refractivity contribution in [1.29, 1.82) is 5.26 Å². The van der Waals surface area contributed by atoms with Crippen LogP contribution in [0.25, 0.3) is 0 Å². The third kappa shape index (κ3) is 2.50. The molecule has 0 bridgehead atoms. The first-order chi connectivity index (χ1) is 8.30. The standard InChI is InChI=1S/C15H20N2/c1-2-10-17-11-8-15(13-16,9-12-17)14-6-4-3-5-7-14/h3-7H,2,8-12H2,1H3. The van der Waals surface area contributed by atoms with Gasteiger partial charge in [-0.1, -0.05) is 37.3 Å². The van der Waals surface area contributed by atoms with Gasteiger partial charge in [0.05, 0.1) is 11.5 Å². The molecule has 1 aromatic rings. The van der Waals surface area contributed by atoms with Gasteiger partial charge in [-0.2, -0.15) is 5.26 Å². The van der Waals surface area contributed by atoms with Gasteiger partial charge in [-0.15, -0.1) is 0 Å². The van der Waals surface area contributed by atoms with Crippen molar-refractivity contribution in [1.82, 2.24) is 4.90 Å². The van der Waals surface area contributed by atoms with Crippen LogP contribution in [0.4, 0.5) is 0 Å². The Morgan fingerprint density at radius 3 is 2.41 bits per heavy atom. The zero-order valence-electron chi connectivity index (χ0n) is 10.5. The molecule has 90 valence electrons. The maximum atomic E-state index is 9.54. The smallest absolute Gasteiger partial charge is 0.0846 e. The van der Waals surface area contributed by atoms with E-state index in [1.807, 2.05) is 18.2 Å². The minimum atomic E-state index is -0.245. The van der Waals surface area contributed by atoms with Crippen molar-refractivity contribution in [3.05, 3.63) is 35.9 Å². The topological polar surface area (TPSA) is 27.0 Å². The second kappa shape index (κ2) is 5.33. The lowest BCUT2D eigenvalue weighted by Gasteiger charge is -2.37. The van der Waals surface area contributed by atoms with E-state index in [-0.39, 0.29) is 5.41 Å². The van der Waals surface area contributed by atoms with Gasteiger partial charge in [0.2, 0.25) is 0 Å². The Hall–Kier alpha value is -1.33. The van der Waals surface area contributed by atoms with Crippen LogP contribution in [0.1, 0.15) is 31.7 Å². The predicted octanol–water partition coefficient (Wildman–Crippen LogP) is 2.95. The molecule has 0 unspecified atom stereocenters. The maximum Gasteiger partial charge on any atom is 0.0846 e. The Kier molecular flexibility index (Phi) is 3.81. The van der Waals surface area contributed by atoms with E-state index in [0.717, 1.165) is 32.5 Å². The Balaban J connectivity index is 2.12. The second-order valence-electron chi connectivity index (χ2n) is 4.90. The van der Waals surface area contributed by atoms with Crippen LogP contribution in [0.5, 0.6) is 0 Å². The highest BCUT2D eigenvalue weighted by molar-refractivity contribution is 5.33. The summed E-state index contributed by atoms with van der Waals surface area (Å²) in [5.74, 6) is 0. The lowest BCUT2D eigenvalue weighted by molar-refractivity contribution is 0.186. The third-order valence-corrected chi connectivity index (χ3v) is 3.79. The molecular formula is C15H20N2. The van der Waals surface area contributed by atoms with Crippen LogP contribution in [-0.4, -0.2) is 24.5 Å². The van der Waals surface area contributed by atoms with Crippen LogP contribution in [0, 0.1) is 11.3 Å². The SMILES string of the molecule is CCCN1CCC(C#N)(c2ccccc2)CC1. The minimum absolute atomic E-state index is 0.245. The number of likely N-dealkylation sites (tertiary alicyclic amines) is 1. The molecule has 1 aromatic carbocycles. The molecule has 0 saturated carbocycles. The zero-order chi connectivity index (χ0) is 12.1. The summed E-state index contributed by atoms with van der Waals surface area (Å²) >= 11 is 0. The van der Waals surface area contributed by atoms with Gasteiger partial charge in [-0.25, -0.2) is 0 Å². The molecule has 0 amide bonds. The van der Waals surface area contributed by atoms with Crippen molar-refractivity contribution in [2.24, 2.45) is 0 Å². The number of nitrogens with zero attached hydrogens (tertiary/aromatic N) is 2. The lowest BCUT2D eigenvalue weighted by atomic mass is 9.74. The van der Waals surface area contributed by atoms with Crippen LogP contribution in [-0.2, 0) is 5.41 Å². The monoisotopic (exact) mass is 228 g/mol. The number of benzene rings is 1. The lowest BCUT2D eigenvalue weighted by Crippen LogP contribution is -2.42. The van der Waals surface area contributed by atoms with Gasteiger partial charge < -0.3 is 4.90 Å². The molecule has 2 rings (SSSR count). The first-order valence-electron chi connectivity index (χ1n) is 6.50. The van der Waals surface area contributed by atoms with Crippen LogP contribution in [0.2, 0.25) is 0 Å². The van der Waals surface area contributed by atoms with E-state index in [2.05, 4.69) is 30.0 Å². The Labute approximate surface area is 104 Å². The average molecular weight is 228 g/mol. The number of piperidine rings is 1. The van der Waals surface area contributed by atoms with E-state index in [1.165, 1.54) is 12.0 Å². The number of hydrogen-bond acceptors (Lipinski definition) is 2. The van der Waals surface area contributed by atoms with Gasteiger partial charge in [0.1, 0.15) is 0 Å². The van der Waals surface area contributed by atoms with E-state index in [1.54, 1.807) is 0 Å². The van der Waals surface area contributed by atoms with Gasteiger partial charge in [0.15, 0.2) is 0 Å². The zero-order valence-corrected chi connectivity index (χ0v) is 10.5. The largest absolute Gasteiger partial charge is 0.303 e. The van der Waals surface area contributed by atoms with Gasteiger partial charge in [-0.3, -0.25) is 0 Å². The highest BCUT2D eigenvalue weighted by atomic mass is 15.1. The van der Waals surface area contributed by atoms with Crippen LogP contribution < -0.4 is 0 Å². The Morgan fingerprint density at radius 2 is 1.88 bits per heavy atom. The summed E-state index contributed by atoms with van der Waals surface area (Å²) < 4.78 is 0. The predicted molar refractivity (Wildman–Crippen MR) is 69.7 cm³/mol. The summed E-state index contributed by atoms with van der Waals surface area (Å²) in [6.07, 6.45) is 3.13. The first-order valence-corrected chi connectivity index (χ1v) is 6.50. The number of nitriles is 1. The van der Waals surface area contributed by atoms with Crippen molar-refractivity contribution < 1.29 is 0 Å². The number of hydrogen-bond donors (Lipinski definition) is 0. The maximum absolute atomic E-state index is 9.54. The second-order valence-corrected chi connectivity index (χ2v) is 4.90. The fourth-order valence-electron chi connectivity index (χ4n) is 2.70. The van der Waals surface area contributed by atoms with E-state index in [4.69, 9.17) is 0 Å². The summed E-state index contributed by atoms with van der Waals surface area (Å²) in [5.41, 5.74) is 0.949. The molecule has 0 aromatic heterocycles. The van der Waals surface area contributed by atoms with E-state index >= 15 is 0 Å². The normalized spacial score (nSPS) is 19.8. The van der Waals surface area contributed by atoms with Gasteiger partial charge in [0.25, 0.3) is 0 Å². The van der Waals surface area contributed by atoms with Gasteiger partial charge in [-0.05, 0) is 44.5 Å². The van der Waals surface area contributed by atoms with Crippen molar-refractivity contribution in [3.63, 3.8) is 0 Å². The highest BCUT2D eigenvalue weighted by Crippen LogP contribution is 2.34. The van der Waals surface area contributed by atoms with Crippen molar-refractivity contribution in [2.45, 2.75) is 31.6 Å². The first kappa shape index (κ1) is 12.1. The summed E-state index contributed by atoms with van der Waals surface area (Å²) in [7, 11) is 0. The molecule has 0 radical (unpaired) electrons. The van der Waals surface area contributed by atoms with Crippen molar-refractivity contribution in [3.8, 4) is 6.07 Å². The molecule has 17 heavy (non-hydrogen) atoms. The van der Waals surface area contributed by atoms with Crippen LogP contribution in [0.15, 0.2) is 30.3 Å². The quantitative estimate of drug-likeness (QED) is 0.795. The molecule has 1 aliphatic heterocycles. The van der Waals surface area contributed by atoms with Crippen LogP contribution in [0.3, 0.4) is 0 Å². The summed E-state index contributed by atoms with van der Waals surface area (Å²) in [6.45, 7) is 5.48. The molecule has 0 N–H and O–H groups in total. The molecular weight excluding hydrogens is 208 g/mol. The fourth-order valence-corrected chi connectivity index (χ4v) is 2.70. The average Bonchev–Trinajstić information content (AvgIpc) is 2.41. The van der Waals surface area contributed by atoms with E-state index in [9.17, 15) is 5.26 Å². The van der Waals surface area contributed by atoms with Gasteiger partial charge >= 0.3 is 0 Å². The fraction of sp³-hybridized carbons (Fsp3) is 0.533. The Morgan fingerprint density at radius 1 is 1.24 bits per heavy atom. The molecule has 0 aliphatic carbocycles. The molecule has 2 heteroatoms. The van der Waals surface area contributed by atoms with E-state index in [0.29, 0.717) is 0 Å². The van der Waals surface area contributed by atoms with Gasteiger partial charge in [0, 0.05) is 0 Å². The molecule has 1 heterocycles. The molecule has 0 atom stereocenters. The minimum Gasteiger partial charge on any atom is -0.303 e. The summed E-state index contributed by atoms with van der Waals surface area (Å²) in [4.78, 5) is 2.47. The number of rotatable bonds is 3. The summed E-state index contributed by atoms with van der Waals surface area (Å²) in [5, 5.41) is 9.54. The molecule has 1 saturated heterocycles. The van der Waals surface area contributed by atoms with Crippen molar-refractivity contribution >= 4 is 0 Å². The molecule has 1 aliphatic rings. The third-order valence-electron chi connectivity index (χ3n) is 3.79. The van der Waals surface area contributed by atoms with Crippen LogP contribution >= 0.6 is 0 Å². The molecule has 1 fully saturated rings. The Bertz CT molecular complexity index is 383. The van der Waals surface area contributed by atoms with Crippen molar-refractivity contribution in [2.75, 3.05) is 19.6 Å². The molecule has 0 spiro atoms. The highest BCUT2D eigenvalue weighted by Gasteiger charge is 2.35. The van der Waals surface area contributed by atoms with E-state index < -0.39 is 0 Å².